The van der Waals surface area contributed by atoms with Gasteiger partial charge in [0.05, 0.1) is 18.6 Å². The molecule has 0 saturated carbocycles. The van der Waals surface area contributed by atoms with Gasteiger partial charge in [-0.05, 0) is 37.1 Å². The van der Waals surface area contributed by atoms with Crippen LogP contribution in [0.1, 0.15) is 16.7 Å². The molecule has 0 aliphatic carbocycles. The highest BCUT2D eigenvalue weighted by Crippen LogP contribution is 2.26. The van der Waals surface area contributed by atoms with E-state index in [1.165, 1.54) is 7.11 Å². The molecule has 0 aromatic heterocycles. The molecule has 0 atom stereocenters. The second-order valence-electron chi connectivity index (χ2n) is 5.05. The first kappa shape index (κ1) is 15.4. The fourth-order valence-electron chi connectivity index (χ4n) is 2.13. The van der Waals surface area contributed by atoms with Crippen molar-refractivity contribution in [2.75, 3.05) is 11.8 Å². The van der Waals surface area contributed by atoms with Crippen LogP contribution in [0.15, 0.2) is 42.5 Å². The molecule has 0 aliphatic heterocycles. The van der Waals surface area contributed by atoms with Crippen LogP contribution in [0.25, 0.3) is 0 Å². The lowest BCUT2D eigenvalue weighted by molar-refractivity contribution is 0.417. The molecule has 0 fully saturated rings. The third kappa shape index (κ3) is 4.23. The molecular weight excluding hydrogens is 286 g/mol. The summed E-state index contributed by atoms with van der Waals surface area (Å²) in [5, 5.41) is 0. The Morgan fingerprint density at radius 1 is 1.05 bits per heavy atom. The van der Waals surface area contributed by atoms with Crippen molar-refractivity contribution in [2.24, 2.45) is 0 Å². The van der Waals surface area contributed by atoms with E-state index in [2.05, 4.69) is 4.72 Å². The average molecular weight is 305 g/mol. The van der Waals surface area contributed by atoms with E-state index in [0.29, 0.717) is 11.4 Å². The topological polar surface area (TPSA) is 55.4 Å². The first-order chi connectivity index (χ1) is 9.89. The normalized spacial score (nSPS) is 11.2. The van der Waals surface area contributed by atoms with Crippen LogP contribution in [-0.4, -0.2) is 15.5 Å². The summed E-state index contributed by atoms with van der Waals surface area (Å²) >= 11 is 0. The van der Waals surface area contributed by atoms with E-state index >= 15 is 0 Å². The van der Waals surface area contributed by atoms with Crippen LogP contribution >= 0.6 is 0 Å². The molecule has 1 N–H and O–H groups in total. The molecule has 0 bridgehead atoms. The zero-order chi connectivity index (χ0) is 15.5. The number of benzene rings is 2. The largest absolute Gasteiger partial charge is 0.495 e. The van der Waals surface area contributed by atoms with Crippen molar-refractivity contribution in [1.29, 1.82) is 0 Å². The zero-order valence-corrected chi connectivity index (χ0v) is 13.2. The fourth-order valence-corrected chi connectivity index (χ4v) is 3.31. The lowest BCUT2D eigenvalue weighted by Gasteiger charge is -2.12. The van der Waals surface area contributed by atoms with Gasteiger partial charge in [-0.2, -0.15) is 0 Å². The summed E-state index contributed by atoms with van der Waals surface area (Å²) in [6.45, 7) is 3.84. The monoisotopic (exact) mass is 305 g/mol. The maximum atomic E-state index is 12.3. The third-order valence-electron chi connectivity index (χ3n) is 3.06. The molecule has 21 heavy (non-hydrogen) atoms. The predicted molar refractivity (Wildman–Crippen MR) is 85.2 cm³/mol. The summed E-state index contributed by atoms with van der Waals surface area (Å²) in [6, 6.07) is 12.8. The summed E-state index contributed by atoms with van der Waals surface area (Å²) < 4.78 is 32.4. The molecular formula is C16H19NO3S. The van der Waals surface area contributed by atoms with Crippen molar-refractivity contribution in [3.05, 3.63) is 59.2 Å². The first-order valence-electron chi connectivity index (χ1n) is 6.60. The molecule has 112 valence electrons. The van der Waals surface area contributed by atoms with E-state index in [0.717, 1.165) is 16.7 Å². The predicted octanol–water partition coefficient (Wildman–Crippen LogP) is 3.25. The number of hydrogen-bond acceptors (Lipinski definition) is 3. The van der Waals surface area contributed by atoms with E-state index in [9.17, 15) is 8.42 Å². The van der Waals surface area contributed by atoms with Crippen LogP contribution in [0, 0.1) is 13.8 Å². The van der Waals surface area contributed by atoms with Crippen LogP contribution in [0.3, 0.4) is 0 Å². The van der Waals surface area contributed by atoms with Gasteiger partial charge in [0, 0.05) is 0 Å². The van der Waals surface area contributed by atoms with Crippen molar-refractivity contribution < 1.29 is 13.2 Å². The molecule has 0 aliphatic rings. The van der Waals surface area contributed by atoms with Gasteiger partial charge in [0.15, 0.2) is 0 Å². The van der Waals surface area contributed by atoms with Crippen molar-refractivity contribution in [1.82, 2.24) is 0 Å². The summed E-state index contributed by atoms with van der Waals surface area (Å²) in [7, 11) is -1.97. The van der Waals surface area contributed by atoms with E-state index in [1.54, 1.807) is 18.2 Å². The smallest absolute Gasteiger partial charge is 0.237 e. The Morgan fingerprint density at radius 3 is 2.43 bits per heavy atom. The number of hydrogen-bond donors (Lipinski definition) is 1. The second-order valence-corrected chi connectivity index (χ2v) is 6.78. The van der Waals surface area contributed by atoms with Gasteiger partial charge in [-0.15, -0.1) is 0 Å². The minimum atomic E-state index is -3.48. The Kier molecular flexibility index (Phi) is 4.53. The van der Waals surface area contributed by atoms with Crippen LogP contribution in [0.5, 0.6) is 5.75 Å². The summed E-state index contributed by atoms with van der Waals surface area (Å²) in [5.41, 5.74) is 3.22. The van der Waals surface area contributed by atoms with Gasteiger partial charge in [0.2, 0.25) is 10.0 Å². The highest BCUT2D eigenvalue weighted by molar-refractivity contribution is 7.91. The first-order valence-corrected chi connectivity index (χ1v) is 8.25. The van der Waals surface area contributed by atoms with Crippen molar-refractivity contribution in [2.45, 2.75) is 19.6 Å². The van der Waals surface area contributed by atoms with E-state index in [1.807, 2.05) is 38.1 Å². The molecule has 5 heteroatoms. The van der Waals surface area contributed by atoms with Crippen molar-refractivity contribution in [3.63, 3.8) is 0 Å². The SMILES string of the molecule is COc1ccc(C)cc1NS(=O)(=O)Cc1cccc(C)c1. The van der Waals surface area contributed by atoms with Crippen LogP contribution in [0.2, 0.25) is 0 Å². The second kappa shape index (κ2) is 6.18. The Labute approximate surface area is 125 Å². The number of aryl methyl sites for hydroxylation is 2. The maximum Gasteiger partial charge on any atom is 0.237 e. The minimum absolute atomic E-state index is 0.0637. The Balaban J connectivity index is 2.23. The summed E-state index contributed by atoms with van der Waals surface area (Å²) in [5.74, 6) is 0.444. The highest BCUT2D eigenvalue weighted by atomic mass is 32.2. The molecule has 4 nitrogen and oxygen atoms in total. The van der Waals surface area contributed by atoms with E-state index < -0.39 is 10.0 Å². The Bertz CT molecular complexity index is 739. The third-order valence-corrected chi connectivity index (χ3v) is 4.30. The molecule has 0 unspecified atom stereocenters. The Hall–Kier alpha value is -2.01. The van der Waals surface area contributed by atoms with E-state index in [-0.39, 0.29) is 5.75 Å². The van der Waals surface area contributed by atoms with Crippen LogP contribution in [0.4, 0.5) is 5.69 Å². The number of ether oxygens (including phenoxy) is 1. The molecule has 0 spiro atoms. The molecule has 0 radical (unpaired) electrons. The van der Waals surface area contributed by atoms with Gasteiger partial charge >= 0.3 is 0 Å². The van der Waals surface area contributed by atoms with Crippen molar-refractivity contribution >= 4 is 15.7 Å². The van der Waals surface area contributed by atoms with Gasteiger partial charge in [0.1, 0.15) is 5.75 Å². The standard InChI is InChI=1S/C16H19NO3S/c1-12-5-4-6-14(9-12)11-21(18,19)17-15-10-13(2)7-8-16(15)20-3/h4-10,17H,11H2,1-3H3. The molecule has 0 heterocycles. The summed E-state index contributed by atoms with van der Waals surface area (Å²) in [6.07, 6.45) is 0. The Morgan fingerprint density at radius 2 is 1.76 bits per heavy atom. The molecule has 2 aromatic carbocycles. The maximum absolute atomic E-state index is 12.3. The molecule has 2 rings (SSSR count). The summed E-state index contributed by atoms with van der Waals surface area (Å²) in [4.78, 5) is 0. The van der Waals surface area contributed by atoms with E-state index in [4.69, 9.17) is 4.74 Å². The van der Waals surface area contributed by atoms with Crippen molar-refractivity contribution in [3.8, 4) is 5.75 Å². The molecule has 0 saturated heterocycles. The number of sulfonamides is 1. The minimum Gasteiger partial charge on any atom is -0.495 e. The van der Waals surface area contributed by atoms with Gasteiger partial charge in [0.25, 0.3) is 0 Å². The average Bonchev–Trinajstić information content (AvgIpc) is 2.37. The van der Waals surface area contributed by atoms with Gasteiger partial charge in [-0.1, -0.05) is 35.9 Å². The number of rotatable bonds is 5. The molecule has 0 amide bonds. The van der Waals surface area contributed by atoms with Gasteiger partial charge in [-0.3, -0.25) is 4.72 Å². The highest BCUT2D eigenvalue weighted by Gasteiger charge is 2.14. The number of nitrogens with one attached hydrogen (secondary N) is 1. The lowest BCUT2D eigenvalue weighted by Crippen LogP contribution is -2.15. The van der Waals surface area contributed by atoms with Gasteiger partial charge < -0.3 is 4.74 Å². The lowest BCUT2D eigenvalue weighted by atomic mass is 10.2. The fraction of sp³-hybridized carbons (Fsp3) is 0.250. The number of anilines is 1. The van der Waals surface area contributed by atoms with Crippen LogP contribution < -0.4 is 9.46 Å². The molecule has 2 aromatic rings. The quantitative estimate of drug-likeness (QED) is 0.922. The number of methoxy groups -OCH3 is 1. The zero-order valence-electron chi connectivity index (χ0n) is 12.4. The van der Waals surface area contributed by atoms with Gasteiger partial charge in [-0.25, -0.2) is 8.42 Å². The van der Waals surface area contributed by atoms with Crippen LogP contribution in [-0.2, 0) is 15.8 Å².